The summed E-state index contributed by atoms with van der Waals surface area (Å²) < 4.78 is 5.21. The molecule has 5 heteroatoms. The largest absolute Gasteiger partial charge is 0.496 e. The number of para-hydroxylation sites is 1. The van der Waals surface area contributed by atoms with Crippen molar-refractivity contribution in [2.45, 2.75) is 0 Å². The maximum absolute atomic E-state index is 10.6. The number of rotatable bonds is 3. The van der Waals surface area contributed by atoms with E-state index in [1.165, 1.54) is 12.4 Å². The Morgan fingerprint density at radius 1 is 1.24 bits per heavy atom. The second-order valence-corrected chi connectivity index (χ2v) is 3.30. The third kappa shape index (κ3) is 2.23. The Balaban J connectivity index is 2.43. The molecule has 0 unspecified atom stereocenters. The first-order chi connectivity index (χ1) is 8.22. The van der Waals surface area contributed by atoms with Gasteiger partial charge in [-0.3, -0.25) is 0 Å². The average Bonchev–Trinajstić information content (AvgIpc) is 2.39. The highest BCUT2D eigenvalue weighted by atomic mass is 16.5. The minimum absolute atomic E-state index is 0.219. The predicted molar refractivity (Wildman–Crippen MR) is 61.0 cm³/mol. The molecule has 2 rings (SSSR count). The van der Waals surface area contributed by atoms with E-state index in [9.17, 15) is 4.79 Å². The van der Waals surface area contributed by atoms with Gasteiger partial charge in [0.05, 0.1) is 7.11 Å². The van der Waals surface area contributed by atoms with Gasteiger partial charge in [-0.2, -0.15) is 0 Å². The molecule has 1 aromatic heterocycles. The summed E-state index contributed by atoms with van der Waals surface area (Å²) in [5.74, 6) is -0.667. The SMILES string of the molecule is COc1ccccc1-c1cnc(C(=O)O)nc1. The van der Waals surface area contributed by atoms with Gasteiger partial charge in [0.1, 0.15) is 5.75 Å². The normalized spacial score (nSPS) is 9.94. The molecule has 5 nitrogen and oxygen atoms in total. The maximum Gasteiger partial charge on any atom is 0.373 e. The van der Waals surface area contributed by atoms with Gasteiger partial charge in [0.2, 0.25) is 5.82 Å². The quantitative estimate of drug-likeness (QED) is 0.871. The van der Waals surface area contributed by atoms with Crippen LogP contribution in [0.15, 0.2) is 36.7 Å². The topological polar surface area (TPSA) is 72.3 Å². The van der Waals surface area contributed by atoms with Crippen molar-refractivity contribution in [3.63, 3.8) is 0 Å². The van der Waals surface area contributed by atoms with Crippen LogP contribution in [-0.4, -0.2) is 28.2 Å². The fraction of sp³-hybridized carbons (Fsp3) is 0.0833. The molecule has 0 spiro atoms. The summed E-state index contributed by atoms with van der Waals surface area (Å²) in [7, 11) is 1.57. The summed E-state index contributed by atoms with van der Waals surface area (Å²) in [6.45, 7) is 0. The van der Waals surface area contributed by atoms with E-state index in [4.69, 9.17) is 9.84 Å². The molecule has 0 saturated carbocycles. The number of hydrogen-bond donors (Lipinski definition) is 1. The Morgan fingerprint density at radius 3 is 2.47 bits per heavy atom. The van der Waals surface area contributed by atoms with Crippen molar-refractivity contribution in [3.05, 3.63) is 42.5 Å². The van der Waals surface area contributed by atoms with E-state index < -0.39 is 5.97 Å². The van der Waals surface area contributed by atoms with Crippen molar-refractivity contribution in [1.82, 2.24) is 9.97 Å². The fourth-order valence-electron chi connectivity index (χ4n) is 1.46. The van der Waals surface area contributed by atoms with E-state index in [0.29, 0.717) is 11.3 Å². The standard InChI is InChI=1S/C12H10N2O3/c1-17-10-5-3-2-4-9(10)8-6-13-11(12(15)16)14-7-8/h2-7H,1H3,(H,15,16). The lowest BCUT2D eigenvalue weighted by molar-refractivity contribution is 0.0683. The Kier molecular flexibility index (Phi) is 3.00. The molecular weight excluding hydrogens is 220 g/mol. The minimum Gasteiger partial charge on any atom is -0.496 e. The number of aromatic carboxylic acids is 1. The van der Waals surface area contributed by atoms with Crippen molar-refractivity contribution in [2.75, 3.05) is 7.11 Å². The number of ether oxygens (including phenoxy) is 1. The zero-order chi connectivity index (χ0) is 12.3. The number of methoxy groups -OCH3 is 1. The smallest absolute Gasteiger partial charge is 0.373 e. The van der Waals surface area contributed by atoms with Crippen LogP contribution in [0.4, 0.5) is 0 Å². The van der Waals surface area contributed by atoms with Crippen LogP contribution < -0.4 is 4.74 Å². The monoisotopic (exact) mass is 230 g/mol. The number of benzene rings is 1. The van der Waals surface area contributed by atoms with Gasteiger partial charge in [0.25, 0.3) is 0 Å². The molecule has 1 N–H and O–H groups in total. The molecule has 0 radical (unpaired) electrons. The summed E-state index contributed by atoms with van der Waals surface area (Å²) in [6.07, 6.45) is 2.93. The van der Waals surface area contributed by atoms with Crippen molar-refractivity contribution in [2.24, 2.45) is 0 Å². The van der Waals surface area contributed by atoms with Crippen molar-refractivity contribution < 1.29 is 14.6 Å². The zero-order valence-electron chi connectivity index (χ0n) is 9.12. The number of carbonyl (C=O) groups is 1. The van der Waals surface area contributed by atoms with Crippen molar-refractivity contribution >= 4 is 5.97 Å². The van der Waals surface area contributed by atoms with E-state index in [-0.39, 0.29) is 5.82 Å². The molecule has 0 bridgehead atoms. The highest BCUT2D eigenvalue weighted by Gasteiger charge is 2.09. The van der Waals surface area contributed by atoms with Crippen LogP contribution in [-0.2, 0) is 0 Å². The predicted octanol–water partition coefficient (Wildman–Crippen LogP) is 1.85. The van der Waals surface area contributed by atoms with Gasteiger partial charge in [0.15, 0.2) is 0 Å². The van der Waals surface area contributed by atoms with Gasteiger partial charge < -0.3 is 9.84 Å². The van der Waals surface area contributed by atoms with Crippen LogP contribution in [0.3, 0.4) is 0 Å². The average molecular weight is 230 g/mol. The van der Waals surface area contributed by atoms with E-state index in [1.54, 1.807) is 7.11 Å². The first-order valence-corrected chi connectivity index (χ1v) is 4.91. The molecule has 1 aromatic carbocycles. The highest BCUT2D eigenvalue weighted by Crippen LogP contribution is 2.28. The second-order valence-electron chi connectivity index (χ2n) is 3.30. The third-order valence-corrected chi connectivity index (χ3v) is 2.26. The Hall–Kier alpha value is -2.43. The first kappa shape index (κ1) is 11.1. The van der Waals surface area contributed by atoms with E-state index >= 15 is 0 Å². The molecule has 0 aliphatic rings. The minimum atomic E-state index is -1.14. The molecule has 86 valence electrons. The fourth-order valence-corrected chi connectivity index (χ4v) is 1.46. The van der Waals surface area contributed by atoms with Gasteiger partial charge in [-0.1, -0.05) is 18.2 Å². The molecule has 0 fully saturated rings. The molecule has 1 heterocycles. The van der Waals surface area contributed by atoms with Crippen LogP contribution in [0, 0.1) is 0 Å². The molecule has 2 aromatic rings. The van der Waals surface area contributed by atoms with Gasteiger partial charge >= 0.3 is 5.97 Å². The van der Waals surface area contributed by atoms with Gasteiger partial charge in [-0.15, -0.1) is 0 Å². The molecule has 0 amide bonds. The zero-order valence-corrected chi connectivity index (χ0v) is 9.12. The Labute approximate surface area is 97.7 Å². The molecule has 0 atom stereocenters. The Morgan fingerprint density at radius 2 is 1.88 bits per heavy atom. The van der Waals surface area contributed by atoms with Gasteiger partial charge in [0, 0.05) is 23.5 Å². The van der Waals surface area contributed by atoms with E-state index in [1.807, 2.05) is 24.3 Å². The third-order valence-electron chi connectivity index (χ3n) is 2.26. The number of aromatic nitrogens is 2. The number of nitrogens with zero attached hydrogens (tertiary/aromatic N) is 2. The lowest BCUT2D eigenvalue weighted by Crippen LogP contribution is -2.03. The summed E-state index contributed by atoms with van der Waals surface area (Å²) >= 11 is 0. The lowest BCUT2D eigenvalue weighted by Gasteiger charge is -2.07. The second kappa shape index (κ2) is 4.61. The maximum atomic E-state index is 10.6. The lowest BCUT2D eigenvalue weighted by atomic mass is 10.1. The van der Waals surface area contributed by atoms with Crippen molar-refractivity contribution in [1.29, 1.82) is 0 Å². The summed E-state index contributed by atoms with van der Waals surface area (Å²) in [5.41, 5.74) is 1.54. The van der Waals surface area contributed by atoms with Crippen LogP contribution in [0.2, 0.25) is 0 Å². The summed E-state index contributed by atoms with van der Waals surface area (Å²) in [4.78, 5) is 18.1. The Bertz CT molecular complexity index is 538. The van der Waals surface area contributed by atoms with E-state index in [0.717, 1.165) is 5.56 Å². The highest BCUT2D eigenvalue weighted by molar-refractivity contribution is 5.83. The number of hydrogen-bond acceptors (Lipinski definition) is 4. The summed E-state index contributed by atoms with van der Waals surface area (Å²) in [5, 5.41) is 8.70. The number of carboxylic acids is 1. The van der Waals surface area contributed by atoms with Gasteiger partial charge in [-0.25, -0.2) is 14.8 Å². The van der Waals surface area contributed by atoms with Crippen LogP contribution >= 0.6 is 0 Å². The molecule has 0 aliphatic heterocycles. The van der Waals surface area contributed by atoms with Crippen LogP contribution in [0.5, 0.6) is 5.75 Å². The van der Waals surface area contributed by atoms with Gasteiger partial charge in [-0.05, 0) is 6.07 Å². The molecule has 0 saturated heterocycles. The van der Waals surface area contributed by atoms with Crippen LogP contribution in [0.1, 0.15) is 10.6 Å². The number of carboxylic acid groups (broad SMARTS) is 1. The molecule has 17 heavy (non-hydrogen) atoms. The molecular formula is C12H10N2O3. The first-order valence-electron chi connectivity index (χ1n) is 4.91. The van der Waals surface area contributed by atoms with E-state index in [2.05, 4.69) is 9.97 Å². The molecule has 0 aliphatic carbocycles. The van der Waals surface area contributed by atoms with Crippen LogP contribution in [0.25, 0.3) is 11.1 Å². The summed E-state index contributed by atoms with van der Waals surface area (Å²) in [6, 6.07) is 7.40. The van der Waals surface area contributed by atoms with Crippen molar-refractivity contribution in [3.8, 4) is 16.9 Å².